The van der Waals surface area contributed by atoms with Gasteiger partial charge in [0.2, 0.25) is 0 Å². The van der Waals surface area contributed by atoms with Gasteiger partial charge in [-0.25, -0.2) is 0 Å². The van der Waals surface area contributed by atoms with Crippen LogP contribution in [0.15, 0.2) is 126 Å². The maximum absolute atomic E-state index is 16.6. The number of ether oxygens (including phenoxy) is 1. The van der Waals surface area contributed by atoms with Gasteiger partial charge in [0.15, 0.2) is 23.5 Å². The van der Waals surface area contributed by atoms with E-state index in [0.29, 0.717) is 35.8 Å². The van der Waals surface area contributed by atoms with Crippen LogP contribution >= 0.6 is 0 Å². The zero-order valence-electron chi connectivity index (χ0n) is 54.8. The van der Waals surface area contributed by atoms with E-state index in [0.717, 1.165) is 79.6 Å². The highest BCUT2D eigenvalue weighted by molar-refractivity contribution is 5.99. The fourth-order valence-electron chi connectivity index (χ4n) is 17.8. The van der Waals surface area contributed by atoms with Crippen molar-refractivity contribution in [1.82, 2.24) is 0 Å². The van der Waals surface area contributed by atoms with Gasteiger partial charge in [-0.05, 0) is 161 Å². The van der Waals surface area contributed by atoms with Crippen molar-refractivity contribution in [2.24, 2.45) is 74.9 Å². The van der Waals surface area contributed by atoms with Crippen molar-refractivity contribution in [3.63, 3.8) is 0 Å². The second-order valence-corrected chi connectivity index (χ2v) is 29.2. The number of unbranched alkanes of at least 4 members (excludes halogenated alkanes) is 1. The third-order valence-electron chi connectivity index (χ3n) is 23.1. The first-order chi connectivity index (χ1) is 40.3. The number of hydrogen-bond acceptors (Lipinski definition) is 7. The summed E-state index contributed by atoms with van der Waals surface area (Å²) in [5.74, 6) is -1.29. The normalized spacial score (nSPS) is 28.8. The number of rotatable bonds is 31. The van der Waals surface area contributed by atoms with Crippen molar-refractivity contribution in [3.8, 4) is 0 Å². The number of Topliss-reactive ketones (excluding diaryl/α,β-unsaturated/α-hetero) is 5. The number of benzene rings is 3. The molecule has 0 heterocycles. The highest BCUT2D eigenvalue weighted by Crippen LogP contribution is 2.80. The Balaban J connectivity index is 1.23. The second kappa shape index (κ2) is 29.1. The standard InChI is InChI=1S/C78H108O7/c1-51(2)28-26-31-54(6)33-27-32-53(5)29-24-25-30-55(7)40-41-71(83)85-73(65(60-34-18-15-19-35-60)47-67(80)61-36-20-16-21-37-61)69(82)46-63-50-75(12)59(11)72(58(63)10)66(45-57(9)79)74(84)76(13)56(8)44-64-42-43-78(64,49-52(3)4)77(76,14)70(75)48-68(81)62-38-22-17-23-39-62/h15-23,33-39,51,53,55-56,59,63-66,70,73H,3,24-32,40-50H2,1-2,4-14H3/t53?,55?,56-,59-,63?,64+,65-,66+,70+,73?,75+,76-,77-,78-/m0/s1. The lowest BCUT2D eigenvalue weighted by atomic mass is 9.27. The first-order valence-corrected chi connectivity index (χ1v) is 33.3. The predicted octanol–water partition coefficient (Wildman–Crippen LogP) is 19.5. The third-order valence-corrected chi connectivity index (χ3v) is 23.1. The summed E-state index contributed by atoms with van der Waals surface area (Å²) in [7, 11) is 0. The summed E-state index contributed by atoms with van der Waals surface area (Å²) in [6.45, 7) is 33.1. The van der Waals surface area contributed by atoms with Gasteiger partial charge in [-0.1, -0.05) is 214 Å². The van der Waals surface area contributed by atoms with Gasteiger partial charge >= 0.3 is 5.97 Å². The highest BCUT2D eigenvalue weighted by Gasteiger charge is 2.76. The highest BCUT2D eigenvalue weighted by atomic mass is 16.5. The third kappa shape index (κ3) is 14.8. The smallest absolute Gasteiger partial charge is 0.306 e. The molecule has 7 nitrogen and oxygen atoms in total. The van der Waals surface area contributed by atoms with Crippen LogP contribution in [0.2, 0.25) is 0 Å². The van der Waals surface area contributed by atoms with E-state index in [9.17, 15) is 14.4 Å². The number of ketones is 5. The van der Waals surface area contributed by atoms with E-state index in [1.54, 1.807) is 19.1 Å². The van der Waals surface area contributed by atoms with Crippen molar-refractivity contribution < 1.29 is 33.5 Å². The van der Waals surface area contributed by atoms with E-state index >= 15 is 14.4 Å². The largest absolute Gasteiger partial charge is 0.454 e. The van der Waals surface area contributed by atoms with Crippen LogP contribution < -0.4 is 0 Å². The van der Waals surface area contributed by atoms with Crippen LogP contribution in [-0.4, -0.2) is 41.0 Å². The van der Waals surface area contributed by atoms with Crippen LogP contribution in [0.3, 0.4) is 0 Å². The van der Waals surface area contributed by atoms with Gasteiger partial charge in [0.25, 0.3) is 0 Å². The van der Waals surface area contributed by atoms with E-state index in [4.69, 9.17) is 4.74 Å². The lowest BCUT2D eigenvalue weighted by molar-refractivity contribution is -0.264. The molecule has 0 saturated heterocycles. The molecule has 0 N–H and O–H groups in total. The van der Waals surface area contributed by atoms with Crippen LogP contribution in [0.25, 0.3) is 0 Å². The van der Waals surface area contributed by atoms with E-state index in [-0.39, 0.29) is 90.1 Å². The molecule has 0 spiro atoms. The Morgan fingerprint density at radius 3 is 1.87 bits per heavy atom. The minimum atomic E-state index is -1.28. The molecule has 3 saturated carbocycles. The zero-order valence-corrected chi connectivity index (χ0v) is 54.8. The van der Waals surface area contributed by atoms with Gasteiger partial charge in [-0.2, -0.15) is 0 Å². The Hall–Kier alpha value is -5.30. The fourth-order valence-corrected chi connectivity index (χ4v) is 17.8. The van der Waals surface area contributed by atoms with Crippen molar-refractivity contribution in [3.05, 3.63) is 143 Å². The van der Waals surface area contributed by atoms with Gasteiger partial charge in [0.1, 0.15) is 11.6 Å². The lowest BCUT2D eigenvalue weighted by Crippen LogP contribution is -2.73. The van der Waals surface area contributed by atoms with Crippen molar-refractivity contribution in [2.45, 2.75) is 230 Å². The maximum atomic E-state index is 16.6. The quantitative estimate of drug-likeness (QED) is 0.0273. The average Bonchev–Trinajstić information content (AvgIpc) is 0.684. The molecule has 7 heteroatoms. The SMILES string of the molecule is C=C(C)C[C@@]12CC[C@@H]1C[C@H](C)[C@@]1(C)C(=O)[C@H](CC(C)=O)C3=C(C)C(CC(=O)C(OC(=O)CCC(C)CCCCC(C)CCC=C(C)CCCC(C)C)[C@@H](CC(=O)c4ccccc4)c4ccccc4)C[C@@](C)([C@@H](CC(=O)c4ccccc4)[C@]21C)[C@H]3C. The molecule has 0 radical (unpaired) electrons. The zero-order chi connectivity index (χ0) is 62.0. The van der Waals surface area contributed by atoms with Crippen LogP contribution in [0.5, 0.6) is 0 Å². The van der Waals surface area contributed by atoms with E-state index in [2.05, 4.69) is 95.7 Å². The van der Waals surface area contributed by atoms with E-state index in [1.165, 1.54) is 37.7 Å². The Bertz CT molecular complexity index is 2880. The van der Waals surface area contributed by atoms with Gasteiger partial charge in [-0.15, -0.1) is 6.58 Å². The van der Waals surface area contributed by atoms with Gasteiger partial charge < -0.3 is 4.74 Å². The molecule has 4 aliphatic carbocycles. The topological polar surface area (TPSA) is 112 Å². The average molecular weight is 1160 g/mol. The summed E-state index contributed by atoms with van der Waals surface area (Å²) in [5.41, 5.74) is 3.72. The molecule has 7 rings (SSSR count). The van der Waals surface area contributed by atoms with Gasteiger partial charge in [-0.3, -0.25) is 28.8 Å². The van der Waals surface area contributed by atoms with Crippen molar-refractivity contribution in [2.75, 3.05) is 0 Å². The summed E-state index contributed by atoms with van der Waals surface area (Å²) in [6, 6.07) is 28.2. The van der Waals surface area contributed by atoms with E-state index < -0.39 is 46.1 Å². The molecule has 3 fully saturated rings. The summed E-state index contributed by atoms with van der Waals surface area (Å²) in [5, 5.41) is 0. The minimum absolute atomic E-state index is 0.00821. The molecule has 3 aromatic rings. The Morgan fingerprint density at radius 2 is 1.31 bits per heavy atom. The van der Waals surface area contributed by atoms with Crippen LogP contribution in [0, 0.1) is 74.9 Å². The molecule has 3 aromatic carbocycles. The number of hydrogen-bond donors (Lipinski definition) is 0. The fraction of sp³-hybridized carbons (Fsp3) is 0.615. The number of carbonyl (C=O) groups is 6. The molecular weight excluding hydrogens is 1050 g/mol. The number of fused-ring (bicyclic) bond motifs is 5. The van der Waals surface area contributed by atoms with Crippen LogP contribution in [-0.2, 0) is 23.9 Å². The summed E-state index contributed by atoms with van der Waals surface area (Å²) in [6.07, 6.45) is 16.8. The maximum Gasteiger partial charge on any atom is 0.306 e. The number of allylic oxidation sites excluding steroid dienone is 5. The summed E-state index contributed by atoms with van der Waals surface area (Å²) < 4.78 is 6.62. The number of esters is 1. The predicted molar refractivity (Wildman–Crippen MR) is 347 cm³/mol. The van der Waals surface area contributed by atoms with Crippen molar-refractivity contribution >= 4 is 34.9 Å². The molecule has 0 aromatic heterocycles. The Labute approximate surface area is 513 Å². The first-order valence-electron chi connectivity index (χ1n) is 33.3. The van der Waals surface area contributed by atoms with Crippen molar-refractivity contribution in [1.29, 1.82) is 0 Å². The molecular formula is C78H108O7. The number of carbonyl (C=O) groups excluding carboxylic acids is 6. The molecule has 0 aliphatic heterocycles. The Kier molecular flexibility index (Phi) is 23.0. The second-order valence-electron chi connectivity index (χ2n) is 29.2. The molecule has 14 atom stereocenters. The van der Waals surface area contributed by atoms with Crippen LogP contribution in [0.4, 0.5) is 0 Å². The molecule has 462 valence electrons. The molecule has 0 amide bonds. The monoisotopic (exact) mass is 1160 g/mol. The van der Waals surface area contributed by atoms with Gasteiger partial charge in [0, 0.05) is 60.5 Å². The van der Waals surface area contributed by atoms with Crippen LogP contribution in [0.1, 0.15) is 251 Å². The Morgan fingerprint density at radius 1 is 0.718 bits per heavy atom. The molecule has 4 aliphatic rings. The van der Waals surface area contributed by atoms with E-state index in [1.807, 2.05) is 78.9 Å². The van der Waals surface area contributed by atoms with Gasteiger partial charge in [0.05, 0.1) is 0 Å². The molecule has 2 bridgehead atoms. The summed E-state index contributed by atoms with van der Waals surface area (Å²) in [4.78, 5) is 90.7. The summed E-state index contributed by atoms with van der Waals surface area (Å²) >= 11 is 0. The molecule has 85 heavy (non-hydrogen) atoms. The molecule has 4 unspecified atom stereocenters. The lowest BCUT2D eigenvalue weighted by Gasteiger charge is -2.76. The first kappa shape index (κ1) is 67.2. The minimum Gasteiger partial charge on any atom is -0.454 e.